The number of nitrogens with one attached hydrogen (secondary N) is 3. The zero-order valence-electron chi connectivity index (χ0n) is 16.0. The van der Waals surface area contributed by atoms with E-state index in [1.54, 1.807) is 18.4 Å². The molecule has 1 saturated carbocycles. The SMILES string of the molecule is CCc1csc(CNC(=O)[C@H]2CC[C@@H](OC)[C@H](NC(=O)NC(C)C)C2)n1. The standard InChI is InChI=1S/C18H30N4O3S/c1-5-13-10-26-16(21-13)9-19-17(23)12-6-7-15(25-4)14(8-12)22-18(24)20-11(2)3/h10-12,14-15H,5-9H2,1-4H3,(H,19,23)(H2,20,22,24)/t12-,14+,15+/m0/s1. The van der Waals surface area contributed by atoms with Crippen LogP contribution in [-0.4, -0.2) is 42.2 Å². The van der Waals surface area contributed by atoms with Crippen molar-refractivity contribution < 1.29 is 14.3 Å². The monoisotopic (exact) mass is 382 g/mol. The number of carbonyl (C=O) groups is 2. The second kappa shape index (κ2) is 9.87. The molecule has 7 nitrogen and oxygen atoms in total. The van der Waals surface area contributed by atoms with Crippen molar-refractivity contribution in [1.29, 1.82) is 0 Å². The van der Waals surface area contributed by atoms with Gasteiger partial charge in [0.25, 0.3) is 0 Å². The summed E-state index contributed by atoms with van der Waals surface area (Å²) in [6.07, 6.45) is 2.92. The predicted octanol–water partition coefficient (Wildman–Crippen LogP) is 2.21. The van der Waals surface area contributed by atoms with Gasteiger partial charge in [0.05, 0.1) is 24.4 Å². The second-order valence-corrected chi connectivity index (χ2v) is 7.91. The third kappa shape index (κ3) is 5.95. The van der Waals surface area contributed by atoms with Gasteiger partial charge in [0.2, 0.25) is 5.91 Å². The van der Waals surface area contributed by atoms with Crippen LogP contribution in [0.2, 0.25) is 0 Å². The molecule has 146 valence electrons. The van der Waals surface area contributed by atoms with Gasteiger partial charge in [0, 0.05) is 24.4 Å². The van der Waals surface area contributed by atoms with Crippen LogP contribution in [0, 0.1) is 5.92 Å². The molecule has 0 aromatic carbocycles. The van der Waals surface area contributed by atoms with Gasteiger partial charge in [-0.2, -0.15) is 0 Å². The Balaban J connectivity index is 1.88. The number of urea groups is 1. The minimum Gasteiger partial charge on any atom is -0.379 e. The Kier molecular flexibility index (Phi) is 7.84. The topological polar surface area (TPSA) is 92.4 Å². The molecule has 1 fully saturated rings. The van der Waals surface area contributed by atoms with Crippen molar-refractivity contribution in [1.82, 2.24) is 20.9 Å². The Labute approximate surface area is 159 Å². The number of methoxy groups -OCH3 is 1. The summed E-state index contributed by atoms with van der Waals surface area (Å²) in [5.41, 5.74) is 1.06. The molecule has 0 aliphatic heterocycles. The third-order valence-electron chi connectivity index (χ3n) is 4.57. The maximum atomic E-state index is 12.5. The van der Waals surface area contributed by atoms with Gasteiger partial charge < -0.3 is 20.7 Å². The van der Waals surface area contributed by atoms with Gasteiger partial charge in [-0.15, -0.1) is 11.3 Å². The average Bonchev–Trinajstić information content (AvgIpc) is 3.07. The maximum Gasteiger partial charge on any atom is 0.315 e. The van der Waals surface area contributed by atoms with Crippen molar-refractivity contribution in [3.05, 3.63) is 16.1 Å². The minimum atomic E-state index is -0.219. The first-order valence-electron chi connectivity index (χ1n) is 9.23. The molecule has 0 spiro atoms. The van der Waals surface area contributed by atoms with Crippen LogP contribution in [0.3, 0.4) is 0 Å². The highest BCUT2D eigenvalue weighted by Gasteiger charge is 2.35. The molecule has 0 saturated heterocycles. The molecule has 26 heavy (non-hydrogen) atoms. The normalized spacial score (nSPS) is 22.9. The van der Waals surface area contributed by atoms with Crippen LogP contribution in [0.4, 0.5) is 4.79 Å². The summed E-state index contributed by atoms with van der Waals surface area (Å²) in [7, 11) is 1.65. The lowest BCUT2D eigenvalue weighted by molar-refractivity contribution is -0.127. The van der Waals surface area contributed by atoms with Gasteiger partial charge in [0.1, 0.15) is 5.01 Å². The number of carbonyl (C=O) groups excluding carboxylic acids is 2. The van der Waals surface area contributed by atoms with Crippen LogP contribution in [0.5, 0.6) is 0 Å². The fourth-order valence-corrected chi connectivity index (χ4v) is 4.00. The molecule has 3 amide bonds. The molecular weight excluding hydrogens is 352 g/mol. The van der Waals surface area contributed by atoms with Gasteiger partial charge in [0.15, 0.2) is 0 Å². The van der Waals surface area contributed by atoms with Crippen LogP contribution in [0.1, 0.15) is 50.7 Å². The maximum absolute atomic E-state index is 12.5. The quantitative estimate of drug-likeness (QED) is 0.674. The average molecular weight is 383 g/mol. The van der Waals surface area contributed by atoms with Crippen LogP contribution in [0.25, 0.3) is 0 Å². The zero-order chi connectivity index (χ0) is 19.1. The predicted molar refractivity (Wildman–Crippen MR) is 102 cm³/mol. The summed E-state index contributed by atoms with van der Waals surface area (Å²) in [6.45, 7) is 6.34. The molecular formula is C18H30N4O3S. The van der Waals surface area contributed by atoms with Crippen molar-refractivity contribution in [2.24, 2.45) is 5.92 Å². The van der Waals surface area contributed by atoms with Crippen molar-refractivity contribution >= 4 is 23.3 Å². The van der Waals surface area contributed by atoms with Gasteiger partial charge >= 0.3 is 6.03 Å². The van der Waals surface area contributed by atoms with E-state index in [4.69, 9.17) is 4.74 Å². The molecule has 1 heterocycles. The van der Waals surface area contributed by atoms with Gasteiger partial charge in [-0.3, -0.25) is 4.79 Å². The van der Waals surface area contributed by atoms with Crippen molar-refractivity contribution in [3.8, 4) is 0 Å². The lowest BCUT2D eigenvalue weighted by atomic mass is 9.83. The highest BCUT2D eigenvalue weighted by molar-refractivity contribution is 7.09. The highest BCUT2D eigenvalue weighted by atomic mass is 32.1. The fraction of sp³-hybridized carbons (Fsp3) is 0.722. The third-order valence-corrected chi connectivity index (χ3v) is 5.47. The molecule has 1 aromatic rings. The summed E-state index contributed by atoms with van der Waals surface area (Å²) < 4.78 is 5.50. The number of rotatable bonds is 7. The fourth-order valence-electron chi connectivity index (χ4n) is 3.19. The first-order chi connectivity index (χ1) is 12.4. The zero-order valence-corrected chi connectivity index (χ0v) is 16.8. The number of amides is 3. The Morgan fingerprint density at radius 2 is 2.15 bits per heavy atom. The van der Waals surface area contributed by atoms with E-state index >= 15 is 0 Å². The Morgan fingerprint density at radius 1 is 1.38 bits per heavy atom. The van der Waals surface area contributed by atoms with Crippen molar-refractivity contribution in [3.63, 3.8) is 0 Å². The molecule has 3 atom stereocenters. The molecule has 8 heteroatoms. The van der Waals surface area contributed by atoms with E-state index in [-0.39, 0.29) is 36.0 Å². The van der Waals surface area contributed by atoms with Gasteiger partial charge in [-0.05, 0) is 39.5 Å². The Hall–Kier alpha value is -1.67. The van der Waals surface area contributed by atoms with Crippen LogP contribution < -0.4 is 16.0 Å². The Bertz CT molecular complexity index is 605. The summed E-state index contributed by atoms with van der Waals surface area (Å²) in [5, 5.41) is 11.7. The molecule has 2 rings (SSSR count). The summed E-state index contributed by atoms with van der Waals surface area (Å²) in [6, 6.07) is -0.331. The smallest absolute Gasteiger partial charge is 0.315 e. The number of nitrogens with zero attached hydrogens (tertiary/aromatic N) is 1. The van der Waals surface area contributed by atoms with E-state index in [1.165, 1.54) is 0 Å². The number of thiazole rings is 1. The van der Waals surface area contributed by atoms with Gasteiger partial charge in [-0.25, -0.2) is 9.78 Å². The number of ether oxygens (including phenoxy) is 1. The highest BCUT2D eigenvalue weighted by Crippen LogP contribution is 2.27. The number of aromatic nitrogens is 1. The number of hydrogen-bond donors (Lipinski definition) is 3. The van der Waals surface area contributed by atoms with Crippen LogP contribution in [0.15, 0.2) is 5.38 Å². The molecule has 0 unspecified atom stereocenters. The first kappa shape index (κ1) is 20.6. The second-order valence-electron chi connectivity index (χ2n) is 6.97. The van der Waals surface area contributed by atoms with Gasteiger partial charge in [-0.1, -0.05) is 6.92 Å². The van der Waals surface area contributed by atoms with E-state index in [0.29, 0.717) is 13.0 Å². The Morgan fingerprint density at radius 3 is 2.77 bits per heavy atom. The lowest BCUT2D eigenvalue weighted by Gasteiger charge is -2.35. The molecule has 1 aliphatic carbocycles. The number of hydrogen-bond acceptors (Lipinski definition) is 5. The van der Waals surface area contributed by atoms with E-state index in [0.717, 1.165) is 30.0 Å². The first-order valence-corrected chi connectivity index (χ1v) is 10.1. The molecule has 0 bridgehead atoms. The summed E-state index contributed by atoms with van der Waals surface area (Å²) >= 11 is 1.57. The van der Waals surface area contributed by atoms with Crippen LogP contribution in [-0.2, 0) is 22.5 Å². The van der Waals surface area contributed by atoms with E-state index in [2.05, 4.69) is 27.9 Å². The van der Waals surface area contributed by atoms with Crippen molar-refractivity contribution in [2.75, 3.05) is 7.11 Å². The molecule has 1 aromatic heterocycles. The summed E-state index contributed by atoms with van der Waals surface area (Å²) in [4.78, 5) is 29.0. The lowest BCUT2D eigenvalue weighted by Crippen LogP contribution is -2.53. The molecule has 3 N–H and O–H groups in total. The minimum absolute atomic E-state index is 0.0175. The number of aryl methyl sites for hydroxylation is 1. The van der Waals surface area contributed by atoms with E-state index in [1.807, 2.05) is 19.2 Å². The molecule has 1 aliphatic rings. The van der Waals surface area contributed by atoms with E-state index in [9.17, 15) is 9.59 Å². The summed E-state index contributed by atoms with van der Waals surface area (Å²) in [5.74, 6) is -0.111. The van der Waals surface area contributed by atoms with E-state index < -0.39 is 0 Å². The molecule has 0 radical (unpaired) electrons. The largest absolute Gasteiger partial charge is 0.379 e. The van der Waals surface area contributed by atoms with Crippen LogP contribution >= 0.6 is 11.3 Å². The van der Waals surface area contributed by atoms with Crippen molar-refractivity contribution in [2.45, 2.75) is 71.2 Å².